The number of carboxylic acid groups (broad SMARTS) is 1. The van der Waals surface area contributed by atoms with Crippen LogP contribution in [0, 0.1) is 0 Å². The third-order valence-corrected chi connectivity index (χ3v) is 3.16. The minimum atomic E-state index is -0.958. The van der Waals surface area contributed by atoms with Gasteiger partial charge in [-0.15, -0.1) is 0 Å². The van der Waals surface area contributed by atoms with Gasteiger partial charge in [0.25, 0.3) is 0 Å². The molecule has 0 saturated carbocycles. The fraction of sp³-hybridized carbons (Fsp3) is 0. The van der Waals surface area contributed by atoms with Crippen LogP contribution >= 0.6 is 23.2 Å². The Morgan fingerprint density at radius 2 is 1.74 bits per heavy atom. The maximum Gasteiger partial charge on any atom is 0.335 e. The van der Waals surface area contributed by atoms with Crippen LogP contribution in [0.5, 0.6) is 0 Å². The van der Waals surface area contributed by atoms with Crippen LogP contribution in [0.25, 0.3) is 0 Å². The zero-order chi connectivity index (χ0) is 13.8. The second kappa shape index (κ2) is 5.87. The van der Waals surface area contributed by atoms with Gasteiger partial charge in [0.15, 0.2) is 0 Å². The summed E-state index contributed by atoms with van der Waals surface area (Å²) < 4.78 is 0. The number of carboxylic acids is 1. The summed E-state index contributed by atoms with van der Waals surface area (Å²) in [6.07, 6.45) is 1.64. The molecule has 0 unspecified atom stereocenters. The van der Waals surface area contributed by atoms with Gasteiger partial charge in [-0.05, 0) is 42.0 Å². The first-order valence-corrected chi connectivity index (χ1v) is 6.14. The molecule has 0 radical (unpaired) electrons. The monoisotopic (exact) mass is 293 g/mol. The highest BCUT2D eigenvalue weighted by Crippen LogP contribution is 2.22. The Bertz CT molecular complexity index is 636. The van der Waals surface area contributed by atoms with E-state index in [0.29, 0.717) is 15.7 Å². The van der Waals surface area contributed by atoms with E-state index in [2.05, 4.69) is 4.99 Å². The number of aliphatic imine (C=N–C) groups is 1. The van der Waals surface area contributed by atoms with E-state index in [4.69, 9.17) is 28.3 Å². The molecule has 0 amide bonds. The summed E-state index contributed by atoms with van der Waals surface area (Å²) in [7, 11) is 0. The summed E-state index contributed by atoms with van der Waals surface area (Å²) in [6.45, 7) is 0. The first-order chi connectivity index (χ1) is 9.06. The summed E-state index contributed by atoms with van der Waals surface area (Å²) >= 11 is 11.7. The summed E-state index contributed by atoms with van der Waals surface area (Å²) in [5, 5.41) is 9.73. The highest BCUT2D eigenvalue weighted by Gasteiger charge is 2.01. The van der Waals surface area contributed by atoms with Crippen molar-refractivity contribution in [1.29, 1.82) is 0 Å². The van der Waals surface area contributed by atoms with Gasteiger partial charge in [0.1, 0.15) is 0 Å². The molecule has 0 aromatic heterocycles. The summed E-state index contributed by atoms with van der Waals surface area (Å²) in [5.41, 5.74) is 1.71. The normalized spacial score (nSPS) is 10.8. The van der Waals surface area contributed by atoms with Crippen molar-refractivity contribution in [3.63, 3.8) is 0 Å². The van der Waals surface area contributed by atoms with E-state index in [1.807, 2.05) is 0 Å². The summed E-state index contributed by atoms with van der Waals surface area (Å²) in [6, 6.07) is 11.5. The molecule has 0 aliphatic carbocycles. The van der Waals surface area contributed by atoms with Crippen molar-refractivity contribution in [3.05, 3.63) is 63.6 Å². The van der Waals surface area contributed by atoms with Crippen molar-refractivity contribution in [2.75, 3.05) is 0 Å². The van der Waals surface area contributed by atoms with Gasteiger partial charge in [0, 0.05) is 6.21 Å². The van der Waals surface area contributed by atoms with Gasteiger partial charge >= 0.3 is 5.97 Å². The molecule has 0 fully saturated rings. The van der Waals surface area contributed by atoms with Gasteiger partial charge in [-0.1, -0.05) is 29.3 Å². The standard InChI is InChI=1S/C14H9Cl2NO2/c15-12-6-1-9(7-13(12)16)8-17-11-4-2-10(3-5-11)14(18)19/h1-8H,(H,18,19). The lowest BCUT2D eigenvalue weighted by Crippen LogP contribution is -1.94. The maximum absolute atomic E-state index is 10.7. The van der Waals surface area contributed by atoms with Crippen LogP contribution in [0.3, 0.4) is 0 Å². The third kappa shape index (κ3) is 3.56. The average molecular weight is 294 g/mol. The van der Waals surface area contributed by atoms with Gasteiger partial charge in [0.2, 0.25) is 0 Å². The molecule has 5 heteroatoms. The molecule has 0 spiro atoms. The van der Waals surface area contributed by atoms with Crippen LogP contribution in [0.15, 0.2) is 47.5 Å². The maximum atomic E-state index is 10.7. The Balaban J connectivity index is 2.17. The van der Waals surface area contributed by atoms with Crippen molar-refractivity contribution in [2.24, 2.45) is 4.99 Å². The van der Waals surface area contributed by atoms with Crippen molar-refractivity contribution in [2.45, 2.75) is 0 Å². The molecular weight excluding hydrogens is 285 g/mol. The van der Waals surface area contributed by atoms with Crippen LogP contribution in [-0.4, -0.2) is 17.3 Å². The molecule has 2 rings (SSSR count). The predicted molar refractivity (Wildman–Crippen MR) is 77.1 cm³/mol. The smallest absolute Gasteiger partial charge is 0.335 e. The highest BCUT2D eigenvalue weighted by atomic mass is 35.5. The molecule has 3 nitrogen and oxygen atoms in total. The van der Waals surface area contributed by atoms with E-state index in [9.17, 15) is 4.79 Å². The van der Waals surface area contributed by atoms with Gasteiger partial charge in [-0.2, -0.15) is 0 Å². The van der Waals surface area contributed by atoms with Crippen LogP contribution in [-0.2, 0) is 0 Å². The Hall–Kier alpha value is -1.84. The number of rotatable bonds is 3. The van der Waals surface area contributed by atoms with Crippen molar-refractivity contribution >= 4 is 41.1 Å². The Morgan fingerprint density at radius 3 is 2.32 bits per heavy atom. The van der Waals surface area contributed by atoms with Gasteiger partial charge < -0.3 is 5.11 Å². The first kappa shape index (κ1) is 13.6. The fourth-order valence-electron chi connectivity index (χ4n) is 1.43. The number of aromatic carboxylic acids is 1. The van der Waals surface area contributed by atoms with E-state index in [1.165, 1.54) is 12.1 Å². The number of halogens is 2. The molecule has 2 aromatic carbocycles. The quantitative estimate of drug-likeness (QED) is 0.851. The molecule has 0 bridgehead atoms. The van der Waals surface area contributed by atoms with E-state index in [1.54, 1.807) is 36.5 Å². The summed E-state index contributed by atoms with van der Waals surface area (Å²) in [4.78, 5) is 14.9. The zero-order valence-electron chi connectivity index (χ0n) is 9.68. The number of hydrogen-bond acceptors (Lipinski definition) is 2. The Labute approximate surface area is 120 Å². The molecule has 0 saturated heterocycles. The minimum Gasteiger partial charge on any atom is -0.478 e. The van der Waals surface area contributed by atoms with Crippen LogP contribution < -0.4 is 0 Å². The number of carbonyl (C=O) groups is 1. The minimum absolute atomic E-state index is 0.230. The molecule has 0 aliphatic heterocycles. The Kier molecular flexibility index (Phi) is 4.20. The average Bonchev–Trinajstić information content (AvgIpc) is 2.40. The lowest BCUT2D eigenvalue weighted by molar-refractivity contribution is 0.0697. The molecule has 19 heavy (non-hydrogen) atoms. The lowest BCUT2D eigenvalue weighted by Gasteiger charge is -1.98. The van der Waals surface area contributed by atoms with E-state index >= 15 is 0 Å². The number of benzene rings is 2. The first-order valence-electron chi connectivity index (χ1n) is 5.39. The summed E-state index contributed by atoms with van der Waals surface area (Å²) in [5.74, 6) is -0.958. The van der Waals surface area contributed by atoms with E-state index < -0.39 is 5.97 Å². The van der Waals surface area contributed by atoms with Gasteiger partial charge in [0.05, 0.1) is 21.3 Å². The highest BCUT2D eigenvalue weighted by molar-refractivity contribution is 6.42. The van der Waals surface area contributed by atoms with E-state index in [-0.39, 0.29) is 5.56 Å². The Morgan fingerprint density at radius 1 is 1.05 bits per heavy atom. The topological polar surface area (TPSA) is 49.7 Å². The second-order valence-electron chi connectivity index (χ2n) is 3.78. The molecule has 2 aromatic rings. The number of hydrogen-bond donors (Lipinski definition) is 1. The van der Waals surface area contributed by atoms with Crippen LogP contribution in [0.2, 0.25) is 10.0 Å². The SMILES string of the molecule is O=C(O)c1ccc(N=Cc2ccc(Cl)c(Cl)c2)cc1. The van der Waals surface area contributed by atoms with Gasteiger partial charge in [-0.25, -0.2) is 4.79 Å². The zero-order valence-corrected chi connectivity index (χ0v) is 11.2. The van der Waals surface area contributed by atoms with E-state index in [0.717, 1.165) is 5.56 Å². The van der Waals surface area contributed by atoms with Gasteiger partial charge in [-0.3, -0.25) is 4.99 Å². The predicted octanol–water partition coefficient (Wildman–Crippen LogP) is 4.44. The molecule has 0 heterocycles. The fourth-order valence-corrected chi connectivity index (χ4v) is 1.74. The molecule has 0 atom stereocenters. The molecular formula is C14H9Cl2NO2. The molecule has 1 N–H and O–H groups in total. The van der Waals surface area contributed by atoms with Crippen LogP contribution in [0.4, 0.5) is 5.69 Å². The molecule has 96 valence electrons. The van der Waals surface area contributed by atoms with Crippen molar-refractivity contribution < 1.29 is 9.90 Å². The second-order valence-corrected chi connectivity index (χ2v) is 4.60. The number of nitrogens with zero attached hydrogens (tertiary/aromatic N) is 1. The lowest BCUT2D eigenvalue weighted by atomic mass is 10.2. The third-order valence-electron chi connectivity index (χ3n) is 2.42. The van der Waals surface area contributed by atoms with Crippen molar-refractivity contribution in [3.8, 4) is 0 Å². The molecule has 0 aliphatic rings. The van der Waals surface area contributed by atoms with Crippen LogP contribution in [0.1, 0.15) is 15.9 Å². The van der Waals surface area contributed by atoms with Crippen molar-refractivity contribution in [1.82, 2.24) is 0 Å². The largest absolute Gasteiger partial charge is 0.478 e.